The van der Waals surface area contributed by atoms with Crippen molar-refractivity contribution in [3.63, 3.8) is 0 Å². The Morgan fingerprint density at radius 2 is 2.00 bits per heavy atom. The number of likely N-dealkylation sites (tertiary alicyclic amines) is 1. The van der Waals surface area contributed by atoms with Crippen LogP contribution in [0.25, 0.3) is 5.57 Å². The summed E-state index contributed by atoms with van der Waals surface area (Å²) < 4.78 is 11.2. The predicted octanol–water partition coefficient (Wildman–Crippen LogP) is 4.66. The molecule has 6 heteroatoms. The van der Waals surface area contributed by atoms with Gasteiger partial charge >= 0.3 is 5.97 Å². The number of benzene rings is 2. The number of hydrogen-bond donors (Lipinski definition) is 1. The summed E-state index contributed by atoms with van der Waals surface area (Å²) in [6.07, 6.45) is 1.98. The molecule has 0 atom stereocenters. The number of methoxy groups -OCH3 is 1. The second-order valence-electron chi connectivity index (χ2n) is 8.03. The molecule has 5 nitrogen and oxygen atoms in total. The van der Waals surface area contributed by atoms with Crippen molar-refractivity contribution in [2.75, 3.05) is 26.7 Å². The van der Waals surface area contributed by atoms with Crippen LogP contribution in [0, 0.1) is 5.92 Å². The lowest BCUT2D eigenvalue weighted by molar-refractivity contribution is -0.147. The molecule has 1 fully saturated rings. The zero-order valence-electron chi connectivity index (χ0n) is 17.3. The van der Waals surface area contributed by atoms with Crippen molar-refractivity contribution in [3.8, 4) is 11.5 Å². The maximum absolute atomic E-state index is 11.0. The molecule has 158 valence electrons. The molecule has 0 saturated carbocycles. The normalized spacial score (nSPS) is 16.8. The second-order valence-corrected chi connectivity index (χ2v) is 8.44. The molecular weight excluding hydrogens is 402 g/mol. The third kappa shape index (κ3) is 4.32. The fraction of sp³-hybridized carbons (Fsp3) is 0.375. The zero-order chi connectivity index (χ0) is 21.3. The fourth-order valence-electron chi connectivity index (χ4n) is 4.19. The van der Waals surface area contributed by atoms with E-state index in [1.165, 1.54) is 22.3 Å². The molecule has 0 aromatic heterocycles. The summed E-state index contributed by atoms with van der Waals surface area (Å²) in [7, 11) is 1.60. The first-order chi connectivity index (χ1) is 14.4. The summed E-state index contributed by atoms with van der Waals surface area (Å²) >= 11 is 6.19. The number of aliphatic carboxylic acids is 1. The molecule has 0 radical (unpaired) electrons. The number of rotatable bonds is 7. The number of allylic oxidation sites excluding steroid dienone is 1. The molecule has 1 N–H and O–H groups in total. The fourth-order valence-corrected chi connectivity index (χ4v) is 4.47. The molecule has 0 amide bonds. The molecule has 30 heavy (non-hydrogen) atoms. The third-order valence-electron chi connectivity index (χ3n) is 6.05. The molecule has 0 unspecified atom stereocenters. The van der Waals surface area contributed by atoms with Gasteiger partial charge in [0.15, 0.2) is 0 Å². The Morgan fingerprint density at radius 3 is 2.70 bits per heavy atom. The first-order valence-electron chi connectivity index (χ1n) is 10.2. The number of carboxylic acid groups (broad SMARTS) is 1. The smallest absolute Gasteiger partial charge is 0.309 e. The van der Waals surface area contributed by atoms with Crippen molar-refractivity contribution in [3.05, 3.63) is 63.7 Å². The highest BCUT2D eigenvalue weighted by Gasteiger charge is 2.33. The number of nitrogens with zero attached hydrogens (tertiary/aromatic N) is 1. The van der Waals surface area contributed by atoms with E-state index in [-0.39, 0.29) is 5.92 Å². The third-order valence-corrected chi connectivity index (χ3v) is 6.35. The van der Waals surface area contributed by atoms with E-state index in [1.54, 1.807) is 7.11 Å². The molecule has 1 aliphatic carbocycles. The van der Waals surface area contributed by atoms with Crippen molar-refractivity contribution in [2.45, 2.75) is 26.4 Å². The molecule has 1 heterocycles. The largest absolute Gasteiger partial charge is 0.495 e. The first kappa shape index (κ1) is 20.8. The number of hydrogen-bond acceptors (Lipinski definition) is 4. The van der Waals surface area contributed by atoms with Gasteiger partial charge < -0.3 is 14.6 Å². The Kier molecular flexibility index (Phi) is 6.02. The SMILES string of the molecule is COc1ccc(COc2ccc3c(c2)CCC(CN2CC(C(=O)O)C2)=C3C)cc1Cl. The Hall–Kier alpha value is -2.50. The lowest BCUT2D eigenvalue weighted by Crippen LogP contribution is -2.50. The van der Waals surface area contributed by atoms with Gasteiger partial charge in [-0.25, -0.2) is 0 Å². The van der Waals surface area contributed by atoms with Crippen LogP contribution in [0.3, 0.4) is 0 Å². The highest BCUT2D eigenvalue weighted by atomic mass is 35.5. The van der Waals surface area contributed by atoms with Crippen LogP contribution in [0.2, 0.25) is 5.02 Å². The maximum atomic E-state index is 11.0. The van der Waals surface area contributed by atoms with E-state index < -0.39 is 5.97 Å². The molecule has 1 aliphatic heterocycles. The van der Waals surface area contributed by atoms with Crippen molar-refractivity contribution in [1.82, 2.24) is 4.90 Å². The average molecular weight is 428 g/mol. The Morgan fingerprint density at radius 1 is 1.20 bits per heavy atom. The summed E-state index contributed by atoms with van der Waals surface area (Å²) in [5, 5.41) is 9.63. The molecule has 2 aromatic carbocycles. The zero-order valence-corrected chi connectivity index (χ0v) is 18.0. The number of ether oxygens (including phenoxy) is 2. The van der Waals surface area contributed by atoms with Crippen LogP contribution in [0.1, 0.15) is 30.0 Å². The Bertz CT molecular complexity index is 995. The summed E-state index contributed by atoms with van der Waals surface area (Å²) in [5.74, 6) is 0.616. The van der Waals surface area contributed by atoms with Gasteiger partial charge in [-0.3, -0.25) is 9.69 Å². The van der Waals surface area contributed by atoms with Gasteiger partial charge in [0.2, 0.25) is 0 Å². The van der Waals surface area contributed by atoms with Crippen LogP contribution in [-0.4, -0.2) is 42.7 Å². The minimum absolute atomic E-state index is 0.206. The molecule has 0 bridgehead atoms. The van der Waals surface area contributed by atoms with E-state index in [9.17, 15) is 4.79 Å². The minimum atomic E-state index is -0.685. The van der Waals surface area contributed by atoms with E-state index in [2.05, 4.69) is 24.0 Å². The quantitative estimate of drug-likeness (QED) is 0.696. The lowest BCUT2D eigenvalue weighted by Gasteiger charge is -2.38. The number of aryl methyl sites for hydroxylation is 1. The minimum Gasteiger partial charge on any atom is -0.495 e. The molecule has 4 rings (SSSR count). The Labute approximate surface area is 181 Å². The van der Waals surface area contributed by atoms with Crippen molar-refractivity contribution >= 4 is 23.1 Å². The summed E-state index contributed by atoms with van der Waals surface area (Å²) in [6.45, 7) is 4.79. The van der Waals surface area contributed by atoms with Crippen molar-refractivity contribution in [2.24, 2.45) is 5.92 Å². The standard InChI is InChI=1S/C24H26ClNO4/c1-15-18(11-26-12-19(13-26)24(27)28)5-4-17-10-20(6-7-21(15)17)30-14-16-3-8-23(29-2)22(25)9-16/h3,6-10,19H,4-5,11-14H2,1-2H3,(H,27,28). The molecular formula is C24H26ClNO4. The van der Waals surface area contributed by atoms with Gasteiger partial charge in [-0.1, -0.05) is 29.3 Å². The van der Waals surface area contributed by atoms with E-state index >= 15 is 0 Å². The lowest BCUT2D eigenvalue weighted by atomic mass is 9.85. The number of carboxylic acids is 1. The topological polar surface area (TPSA) is 59.0 Å². The van der Waals surface area contributed by atoms with Crippen LogP contribution in [-0.2, 0) is 17.8 Å². The van der Waals surface area contributed by atoms with Gasteiger partial charge in [0.1, 0.15) is 18.1 Å². The maximum Gasteiger partial charge on any atom is 0.309 e. The first-order valence-corrected chi connectivity index (χ1v) is 10.5. The second kappa shape index (κ2) is 8.70. The average Bonchev–Trinajstić information content (AvgIpc) is 2.70. The summed E-state index contributed by atoms with van der Waals surface area (Å²) in [4.78, 5) is 13.2. The molecule has 2 aromatic rings. The van der Waals surface area contributed by atoms with E-state index in [4.69, 9.17) is 26.2 Å². The van der Waals surface area contributed by atoms with Gasteiger partial charge in [0, 0.05) is 19.6 Å². The molecule has 1 saturated heterocycles. The number of halogens is 1. The van der Waals surface area contributed by atoms with Gasteiger partial charge in [0.25, 0.3) is 0 Å². The predicted molar refractivity (Wildman–Crippen MR) is 117 cm³/mol. The summed E-state index contributed by atoms with van der Waals surface area (Å²) in [6, 6.07) is 11.9. The summed E-state index contributed by atoms with van der Waals surface area (Å²) in [5.41, 5.74) is 6.28. The van der Waals surface area contributed by atoms with Crippen molar-refractivity contribution in [1.29, 1.82) is 0 Å². The van der Waals surface area contributed by atoms with Gasteiger partial charge in [-0.05, 0) is 66.3 Å². The number of carbonyl (C=O) groups is 1. The van der Waals surface area contributed by atoms with Crippen LogP contribution in [0.15, 0.2) is 42.0 Å². The molecule has 2 aliphatic rings. The highest BCUT2D eigenvalue weighted by Crippen LogP contribution is 2.35. The van der Waals surface area contributed by atoms with Crippen molar-refractivity contribution < 1.29 is 19.4 Å². The van der Waals surface area contributed by atoms with Crippen LogP contribution >= 0.6 is 11.6 Å². The van der Waals surface area contributed by atoms with E-state index in [0.29, 0.717) is 30.5 Å². The van der Waals surface area contributed by atoms with Gasteiger partial charge in [-0.2, -0.15) is 0 Å². The highest BCUT2D eigenvalue weighted by molar-refractivity contribution is 6.32. The Balaban J connectivity index is 1.40. The van der Waals surface area contributed by atoms with Gasteiger partial charge in [-0.15, -0.1) is 0 Å². The number of fused-ring (bicyclic) bond motifs is 1. The van der Waals surface area contributed by atoms with Gasteiger partial charge in [0.05, 0.1) is 18.1 Å². The molecule has 0 spiro atoms. The van der Waals surface area contributed by atoms with E-state index in [1.807, 2.05) is 24.3 Å². The van der Waals surface area contributed by atoms with E-state index in [0.717, 1.165) is 30.7 Å². The van der Waals surface area contributed by atoms with Crippen LogP contribution < -0.4 is 9.47 Å². The monoisotopic (exact) mass is 427 g/mol. The van der Waals surface area contributed by atoms with Crippen LogP contribution in [0.4, 0.5) is 0 Å². The van der Waals surface area contributed by atoms with Crippen LogP contribution in [0.5, 0.6) is 11.5 Å².